The zero-order valence-electron chi connectivity index (χ0n) is 12.6. The van der Waals surface area contributed by atoms with Crippen LogP contribution in [0.15, 0.2) is 18.3 Å². The van der Waals surface area contributed by atoms with Crippen molar-refractivity contribution in [3.05, 3.63) is 23.9 Å². The Morgan fingerprint density at radius 3 is 2.50 bits per heavy atom. The highest BCUT2D eigenvalue weighted by Gasteiger charge is 2.26. The quantitative estimate of drug-likeness (QED) is 0.908. The summed E-state index contributed by atoms with van der Waals surface area (Å²) in [6.45, 7) is 4.41. The molecule has 0 saturated carbocycles. The predicted octanol–water partition coefficient (Wildman–Crippen LogP) is 1.95. The first-order valence-electron chi connectivity index (χ1n) is 7.48. The molecule has 1 unspecified atom stereocenters. The number of carbonyl (C=O) groups is 1. The summed E-state index contributed by atoms with van der Waals surface area (Å²) in [7, 11) is 0. The zero-order chi connectivity index (χ0) is 13.9. The standard InChI is InChI=1S/C15H22N4O.2ClH/c16-9-12-5-8-19(11-12)15(20)13-3-4-14(17-10-13)18-6-1-2-7-18;;/h3-4,10,12H,1-2,5-9,11,16H2;2*1H. The molecule has 2 fully saturated rings. The second-order valence-electron chi connectivity index (χ2n) is 5.74. The summed E-state index contributed by atoms with van der Waals surface area (Å²) in [5.41, 5.74) is 6.35. The van der Waals surface area contributed by atoms with E-state index >= 15 is 0 Å². The van der Waals surface area contributed by atoms with Gasteiger partial charge in [0.2, 0.25) is 0 Å². The van der Waals surface area contributed by atoms with E-state index in [2.05, 4.69) is 9.88 Å². The van der Waals surface area contributed by atoms with Crippen molar-refractivity contribution < 1.29 is 4.79 Å². The van der Waals surface area contributed by atoms with Crippen LogP contribution in [0.5, 0.6) is 0 Å². The van der Waals surface area contributed by atoms with Gasteiger partial charge in [0.15, 0.2) is 0 Å². The van der Waals surface area contributed by atoms with Crippen LogP contribution in [-0.2, 0) is 0 Å². The maximum Gasteiger partial charge on any atom is 0.255 e. The molecule has 0 aliphatic carbocycles. The number of pyridine rings is 1. The second-order valence-corrected chi connectivity index (χ2v) is 5.74. The minimum absolute atomic E-state index is 0. The monoisotopic (exact) mass is 346 g/mol. The van der Waals surface area contributed by atoms with E-state index in [1.165, 1.54) is 12.8 Å². The lowest BCUT2D eigenvalue weighted by molar-refractivity contribution is 0.0787. The Labute approximate surface area is 144 Å². The number of carbonyl (C=O) groups excluding carboxylic acids is 1. The van der Waals surface area contributed by atoms with E-state index < -0.39 is 0 Å². The summed E-state index contributed by atoms with van der Waals surface area (Å²) in [5.74, 6) is 1.53. The smallest absolute Gasteiger partial charge is 0.255 e. The normalized spacial score (nSPS) is 20.5. The van der Waals surface area contributed by atoms with Crippen LogP contribution in [0.1, 0.15) is 29.6 Å². The minimum atomic E-state index is 0. The van der Waals surface area contributed by atoms with Crippen LogP contribution in [0, 0.1) is 5.92 Å². The van der Waals surface area contributed by atoms with Gasteiger partial charge in [-0.05, 0) is 43.9 Å². The third-order valence-electron chi connectivity index (χ3n) is 4.33. The largest absolute Gasteiger partial charge is 0.357 e. The summed E-state index contributed by atoms with van der Waals surface area (Å²) < 4.78 is 0. The van der Waals surface area contributed by atoms with Crippen molar-refractivity contribution in [1.29, 1.82) is 0 Å². The third-order valence-corrected chi connectivity index (χ3v) is 4.33. The van der Waals surface area contributed by atoms with Gasteiger partial charge in [-0.3, -0.25) is 4.79 Å². The average Bonchev–Trinajstić information content (AvgIpc) is 3.18. The van der Waals surface area contributed by atoms with E-state index in [0.717, 1.165) is 38.4 Å². The lowest BCUT2D eigenvalue weighted by Crippen LogP contribution is -2.30. The lowest BCUT2D eigenvalue weighted by Gasteiger charge is -2.18. The number of hydrogen-bond acceptors (Lipinski definition) is 4. The summed E-state index contributed by atoms with van der Waals surface area (Å²) in [4.78, 5) is 21.0. The van der Waals surface area contributed by atoms with Gasteiger partial charge in [-0.1, -0.05) is 0 Å². The van der Waals surface area contributed by atoms with Crippen molar-refractivity contribution in [3.63, 3.8) is 0 Å². The first kappa shape index (κ1) is 19.0. The van der Waals surface area contributed by atoms with Gasteiger partial charge in [0.05, 0.1) is 5.56 Å². The molecule has 1 aromatic heterocycles. The highest BCUT2D eigenvalue weighted by Crippen LogP contribution is 2.20. The predicted molar refractivity (Wildman–Crippen MR) is 93.2 cm³/mol. The summed E-state index contributed by atoms with van der Waals surface area (Å²) in [6, 6.07) is 3.87. The number of halogens is 2. The fourth-order valence-corrected chi connectivity index (χ4v) is 3.04. The highest BCUT2D eigenvalue weighted by molar-refractivity contribution is 5.94. The van der Waals surface area contributed by atoms with Gasteiger partial charge in [-0.2, -0.15) is 0 Å². The molecule has 1 amide bonds. The van der Waals surface area contributed by atoms with E-state index in [0.29, 0.717) is 18.0 Å². The van der Waals surface area contributed by atoms with Crippen molar-refractivity contribution in [2.75, 3.05) is 37.6 Å². The Morgan fingerprint density at radius 1 is 1.23 bits per heavy atom. The van der Waals surface area contributed by atoms with E-state index in [9.17, 15) is 4.79 Å². The van der Waals surface area contributed by atoms with Gasteiger partial charge in [0, 0.05) is 32.4 Å². The van der Waals surface area contributed by atoms with E-state index in [4.69, 9.17) is 5.73 Å². The van der Waals surface area contributed by atoms with Crippen LogP contribution in [0.2, 0.25) is 0 Å². The molecule has 0 spiro atoms. The van der Waals surface area contributed by atoms with Gasteiger partial charge in [0.1, 0.15) is 5.82 Å². The molecule has 3 rings (SSSR count). The van der Waals surface area contributed by atoms with Crippen LogP contribution in [0.4, 0.5) is 5.82 Å². The van der Waals surface area contributed by atoms with Gasteiger partial charge < -0.3 is 15.5 Å². The molecule has 0 radical (unpaired) electrons. The minimum Gasteiger partial charge on any atom is -0.357 e. The number of rotatable bonds is 3. The van der Waals surface area contributed by atoms with Gasteiger partial charge in [-0.25, -0.2) is 4.98 Å². The molecule has 3 heterocycles. The van der Waals surface area contributed by atoms with Crippen molar-refractivity contribution in [2.24, 2.45) is 11.7 Å². The molecule has 124 valence electrons. The van der Waals surface area contributed by atoms with Gasteiger partial charge in [-0.15, -0.1) is 24.8 Å². The average molecular weight is 347 g/mol. The van der Waals surface area contributed by atoms with Crippen molar-refractivity contribution in [2.45, 2.75) is 19.3 Å². The summed E-state index contributed by atoms with van der Waals surface area (Å²) >= 11 is 0. The van der Waals surface area contributed by atoms with Gasteiger partial charge in [0.25, 0.3) is 5.91 Å². The van der Waals surface area contributed by atoms with E-state index in [-0.39, 0.29) is 30.7 Å². The summed E-state index contributed by atoms with van der Waals surface area (Å²) in [6.07, 6.45) is 5.19. The Morgan fingerprint density at radius 2 is 1.95 bits per heavy atom. The first-order valence-corrected chi connectivity index (χ1v) is 7.48. The number of likely N-dealkylation sites (tertiary alicyclic amines) is 1. The molecule has 0 bridgehead atoms. The third kappa shape index (κ3) is 4.03. The van der Waals surface area contributed by atoms with Crippen LogP contribution >= 0.6 is 24.8 Å². The molecule has 2 aliphatic rings. The molecule has 22 heavy (non-hydrogen) atoms. The van der Waals surface area contributed by atoms with Crippen LogP contribution in [0.25, 0.3) is 0 Å². The molecule has 0 aromatic carbocycles. The van der Waals surface area contributed by atoms with E-state index in [1.54, 1.807) is 6.20 Å². The molecule has 2 aliphatic heterocycles. The topological polar surface area (TPSA) is 62.5 Å². The van der Waals surface area contributed by atoms with Crippen molar-refractivity contribution >= 4 is 36.5 Å². The maximum absolute atomic E-state index is 12.4. The molecule has 2 saturated heterocycles. The number of aromatic nitrogens is 1. The number of nitrogens with zero attached hydrogens (tertiary/aromatic N) is 3. The Bertz CT molecular complexity index is 477. The first-order chi connectivity index (χ1) is 9.78. The molecule has 7 heteroatoms. The number of anilines is 1. The Balaban J connectivity index is 0.00000121. The fourth-order valence-electron chi connectivity index (χ4n) is 3.04. The van der Waals surface area contributed by atoms with Crippen molar-refractivity contribution in [3.8, 4) is 0 Å². The SMILES string of the molecule is Cl.Cl.NCC1CCN(C(=O)c2ccc(N3CCCC3)nc2)C1. The molecule has 5 nitrogen and oxygen atoms in total. The molecular weight excluding hydrogens is 323 g/mol. The molecule has 1 atom stereocenters. The van der Waals surface area contributed by atoms with Crippen LogP contribution in [-0.4, -0.2) is 48.5 Å². The Hall–Kier alpha value is -1.04. The summed E-state index contributed by atoms with van der Waals surface area (Å²) in [5, 5.41) is 0. The van der Waals surface area contributed by atoms with Crippen molar-refractivity contribution in [1.82, 2.24) is 9.88 Å². The number of amides is 1. The number of nitrogens with two attached hydrogens (primary N) is 1. The zero-order valence-corrected chi connectivity index (χ0v) is 14.2. The molecular formula is C15H24Cl2N4O. The molecule has 1 aromatic rings. The number of hydrogen-bond donors (Lipinski definition) is 1. The van der Waals surface area contributed by atoms with Crippen LogP contribution < -0.4 is 10.6 Å². The maximum atomic E-state index is 12.4. The second kappa shape index (κ2) is 8.56. The highest BCUT2D eigenvalue weighted by atomic mass is 35.5. The molecule has 2 N–H and O–H groups in total. The lowest BCUT2D eigenvalue weighted by atomic mass is 10.1. The van der Waals surface area contributed by atoms with Gasteiger partial charge >= 0.3 is 0 Å². The van der Waals surface area contributed by atoms with Crippen LogP contribution in [0.3, 0.4) is 0 Å². The Kier molecular flexibility index (Phi) is 7.39. The van der Waals surface area contributed by atoms with E-state index in [1.807, 2.05) is 17.0 Å². The fraction of sp³-hybridized carbons (Fsp3) is 0.600.